The van der Waals surface area contributed by atoms with E-state index in [-0.39, 0.29) is 12.5 Å². The predicted molar refractivity (Wildman–Crippen MR) is 95.3 cm³/mol. The first kappa shape index (κ1) is 18.8. The van der Waals surface area contributed by atoms with E-state index < -0.39 is 28.1 Å². The first-order valence-corrected chi connectivity index (χ1v) is 9.14. The smallest absolute Gasteiger partial charge is 0.328 e. The second kappa shape index (κ2) is 7.59. The summed E-state index contributed by atoms with van der Waals surface area (Å²) >= 11 is -1.42. The van der Waals surface area contributed by atoms with Crippen molar-refractivity contribution in [3.05, 3.63) is 42.0 Å². The minimum absolute atomic E-state index is 0.260. The summed E-state index contributed by atoms with van der Waals surface area (Å²) in [6.45, 7) is 11.9. The van der Waals surface area contributed by atoms with E-state index in [1.54, 1.807) is 6.92 Å². The summed E-state index contributed by atoms with van der Waals surface area (Å²) in [4.78, 5) is 12.6. The maximum Gasteiger partial charge on any atom is 0.328 e. The molecule has 0 spiro atoms. The van der Waals surface area contributed by atoms with Crippen molar-refractivity contribution in [3.8, 4) is 5.75 Å². The van der Waals surface area contributed by atoms with Crippen LogP contribution in [0.1, 0.15) is 39.2 Å². The average molecular weight is 351 g/mol. The molecule has 0 fully saturated rings. The van der Waals surface area contributed by atoms with Gasteiger partial charge in [0.2, 0.25) is 0 Å². The molecule has 1 aromatic carbocycles. The lowest BCUT2D eigenvalue weighted by atomic mass is 9.84. The zero-order valence-corrected chi connectivity index (χ0v) is 15.4. The Kier molecular flexibility index (Phi) is 5.96. The van der Waals surface area contributed by atoms with Crippen LogP contribution in [0.2, 0.25) is 0 Å². The largest absolute Gasteiger partial charge is 0.598 e. The fourth-order valence-corrected chi connectivity index (χ4v) is 3.36. The highest BCUT2D eigenvalue weighted by atomic mass is 32.2. The molecule has 24 heavy (non-hydrogen) atoms. The Morgan fingerprint density at radius 1 is 1.50 bits per heavy atom. The maximum absolute atomic E-state index is 12.6. The Morgan fingerprint density at radius 3 is 2.79 bits per heavy atom. The number of nitrogens with one attached hydrogen (secondary N) is 1. The van der Waals surface area contributed by atoms with Gasteiger partial charge in [0.25, 0.3) is 0 Å². The molecule has 1 heterocycles. The average Bonchev–Trinajstić information content (AvgIpc) is 2.52. The highest BCUT2D eigenvalue weighted by Crippen LogP contribution is 2.39. The van der Waals surface area contributed by atoms with Gasteiger partial charge in [-0.25, -0.2) is 0 Å². The minimum atomic E-state index is -1.42. The maximum atomic E-state index is 12.6. The van der Waals surface area contributed by atoms with Gasteiger partial charge in [-0.15, -0.1) is 4.72 Å². The van der Waals surface area contributed by atoms with Crippen LogP contribution in [0.5, 0.6) is 5.75 Å². The Balaban J connectivity index is 2.39. The van der Waals surface area contributed by atoms with Crippen LogP contribution in [0, 0.1) is 0 Å². The topological polar surface area (TPSA) is 70.6 Å². The van der Waals surface area contributed by atoms with Crippen molar-refractivity contribution < 1.29 is 18.8 Å². The summed E-state index contributed by atoms with van der Waals surface area (Å²) in [7, 11) is 0. The first-order valence-electron chi connectivity index (χ1n) is 7.99. The second-order valence-electron chi connectivity index (χ2n) is 6.69. The number of ether oxygens (including phenoxy) is 2. The number of esters is 1. The lowest BCUT2D eigenvalue weighted by Crippen LogP contribution is -2.52. The van der Waals surface area contributed by atoms with Crippen molar-refractivity contribution in [2.45, 2.75) is 44.4 Å². The van der Waals surface area contributed by atoms with Gasteiger partial charge >= 0.3 is 5.97 Å². The standard InChI is InChI=1S/C18H25NO4S/c1-6-22-17(20)16(19-24(21)18(3,4)5)15-12(2)11-23-14-10-8-7-9-13(14)15/h7-10,15-16,19H,2,6,11H2,1,3-5H3/t15?,16-,24+/m0/s1. The summed E-state index contributed by atoms with van der Waals surface area (Å²) in [5.41, 5.74) is 1.61. The van der Waals surface area contributed by atoms with E-state index in [0.29, 0.717) is 12.4 Å². The van der Waals surface area contributed by atoms with Crippen LogP contribution in [0.3, 0.4) is 0 Å². The number of fused-ring (bicyclic) bond motifs is 1. The van der Waals surface area contributed by atoms with Crippen molar-refractivity contribution >= 4 is 17.3 Å². The highest BCUT2D eigenvalue weighted by molar-refractivity contribution is 7.90. The third-order valence-corrected chi connectivity index (χ3v) is 5.35. The Morgan fingerprint density at radius 2 is 2.17 bits per heavy atom. The number of benzene rings is 1. The molecular weight excluding hydrogens is 326 g/mol. The molecule has 0 saturated heterocycles. The van der Waals surface area contributed by atoms with Crippen molar-refractivity contribution in [1.29, 1.82) is 0 Å². The van der Waals surface area contributed by atoms with E-state index in [0.717, 1.165) is 11.1 Å². The van der Waals surface area contributed by atoms with Crippen molar-refractivity contribution in [1.82, 2.24) is 4.72 Å². The van der Waals surface area contributed by atoms with E-state index in [2.05, 4.69) is 11.3 Å². The van der Waals surface area contributed by atoms with Crippen LogP contribution >= 0.6 is 0 Å². The molecule has 0 radical (unpaired) electrons. The summed E-state index contributed by atoms with van der Waals surface area (Å²) in [5.74, 6) is -0.0641. The lowest BCUT2D eigenvalue weighted by Gasteiger charge is -2.34. The SMILES string of the molecule is C=C1COc2ccccc2C1[C@H](N[S@+]([O-])C(C)(C)C)C(=O)OCC. The Bertz CT molecular complexity index is 611. The molecule has 0 saturated carbocycles. The summed E-state index contributed by atoms with van der Waals surface area (Å²) < 4.78 is 25.9. The number of rotatable bonds is 5. The summed E-state index contributed by atoms with van der Waals surface area (Å²) in [5, 5.41) is 0. The Hall–Kier alpha value is -1.50. The fourth-order valence-electron chi connectivity index (χ4n) is 2.54. The van der Waals surface area contributed by atoms with Gasteiger partial charge in [-0.2, -0.15) is 0 Å². The number of carbonyl (C=O) groups is 1. The molecule has 1 aliphatic heterocycles. The molecule has 0 amide bonds. The zero-order chi connectivity index (χ0) is 17.9. The molecule has 0 aliphatic carbocycles. The summed E-state index contributed by atoms with van der Waals surface area (Å²) in [6, 6.07) is 6.75. The van der Waals surface area contributed by atoms with Gasteiger partial charge in [0.1, 0.15) is 17.1 Å². The van der Waals surface area contributed by atoms with Gasteiger partial charge < -0.3 is 14.0 Å². The Labute approximate surface area is 146 Å². The third-order valence-electron chi connectivity index (χ3n) is 3.77. The molecule has 0 aromatic heterocycles. The molecule has 1 aliphatic rings. The van der Waals surface area contributed by atoms with Crippen LogP contribution in [-0.4, -0.2) is 34.5 Å². The molecule has 1 unspecified atom stereocenters. The van der Waals surface area contributed by atoms with Crippen molar-refractivity contribution in [3.63, 3.8) is 0 Å². The molecule has 5 nitrogen and oxygen atoms in total. The quantitative estimate of drug-likeness (QED) is 0.502. The number of hydrogen-bond donors (Lipinski definition) is 1. The van der Waals surface area contributed by atoms with Gasteiger partial charge in [-0.1, -0.05) is 24.8 Å². The minimum Gasteiger partial charge on any atom is -0.598 e. The van der Waals surface area contributed by atoms with Crippen molar-refractivity contribution in [2.75, 3.05) is 13.2 Å². The predicted octanol–water partition coefficient (Wildman–Crippen LogP) is 2.70. The molecule has 6 heteroatoms. The van der Waals surface area contributed by atoms with Crippen molar-refractivity contribution in [2.24, 2.45) is 0 Å². The van der Waals surface area contributed by atoms with E-state index >= 15 is 0 Å². The molecule has 3 atom stereocenters. The number of carbonyl (C=O) groups excluding carboxylic acids is 1. The molecule has 2 rings (SSSR count). The first-order chi connectivity index (χ1) is 11.3. The van der Waals surface area contributed by atoms with E-state index in [1.165, 1.54) is 0 Å². The van der Waals surface area contributed by atoms with Crippen LogP contribution in [-0.2, 0) is 20.9 Å². The fraction of sp³-hybridized carbons (Fsp3) is 0.500. The van der Waals surface area contributed by atoms with Crippen LogP contribution < -0.4 is 9.46 Å². The van der Waals surface area contributed by atoms with Gasteiger partial charge in [-0.3, -0.25) is 4.79 Å². The van der Waals surface area contributed by atoms with Gasteiger partial charge in [0.05, 0.1) is 6.61 Å². The molecule has 132 valence electrons. The molecule has 0 bridgehead atoms. The zero-order valence-electron chi connectivity index (χ0n) is 14.6. The third kappa shape index (κ3) is 4.12. The van der Waals surface area contributed by atoms with Gasteiger partial charge in [0.15, 0.2) is 6.04 Å². The van der Waals surface area contributed by atoms with Crippen LogP contribution in [0.25, 0.3) is 0 Å². The molecule has 1 aromatic rings. The van der Waals surface area contributed by atoms with Gasteiger partial charge in [0, 0.05) is 22.8 Å². The van der Waals surface area contributed by atoms with Gasteiger partial charge in [-0.05, 0) is 39.3 Å². The molecular formula is C18H25NO4S. The number of para-hydroxylation sites is 1. The second-order valence-corrected chi connectivity index (χ2v) is 8.69. The van der Waals surface area contributed by atoms with Crippen LogP contribution in [0.4, 0.5) is 0 Å². The molecule has 1 N–H and O–H groups in total. The number of hydrogen-bond acceptors (Lipinski definition) is 5. The highest BCUT2D eigenvalue weighted by Gasteiger charge is 2.41. The summed E-state index contributed by atoms with van der Waals surface area (Å²) in [6.07, 6.45) is 0. The normalized spacial score (nSPS) is 19.9. The van der Waals surface area contributed by atoms with E-state index in [9.17, 15) is 9.35 Å². The van der Waals surface area contributed by atoms with Crippen LogP contribution in [0.15, 0.2) is 36.4 Å². The lowest BCUT2D eigenvalue weighted by molar-refractivity contribution is -0.145. The monoisotopic (exact) mass is 351 g/mol. The van der Waals surface area contributed by atoms with E-state index in [1.807, 2.05) is 45.0 Å². The van der Waals surface area contributed by atoms with E-state index in [4.69, 9.17) is 9.47 Å².